The molecule has 5 nitrogen and oxygen atoms in total. The smallest absolute Gasteiger partial charge is 0.409 e. The second kappa shape index (κ2) is 8.49. The van der Waals surface area contributed by atoms with Crippen molar-refractivity contribution in [1.82, 2.24) is 4.90 Å². The van der Waals surface area contributed by atoms with Crippen molar-refractivity contribution in [3.63, 3.8) is 0 Å². The van der Waals surface area contributed by atoms with Crippen LogP contribution >= 0.6 is 0 Å². The third kappa shape index (κ3) is 4.48. The van der Waals surface area contributed by atoms with Crippen LogP contribution in [0.15, 0.2) is 30.3 Å². The third-order valence-electron chi connectivity index (χ3n) is 5.49. The van der Waals surface area contributed by atoms with Crippen LogP contribution in [0, 0.1) is 0 Å². The van der Waals surface area contributed by atoms with Crippen molar-refractivity contribution in [1.29, 1.82) is 0 Å². The van der Waals surface area contributed by atoms with Crippen molar-refractivity contribution in [3.8, 4) is 0 Å². The molecule has 1 aromatic rings. The van der Waals surface area contributed by atoms with E-state index in [0.29, 0.717) is 12.6 Å². The Morgan fingerprint density at radius 1 is 1.12 bits per heavy atom. The van der Waals surface area contributed by atoms with Crippen LogP contribution in [0.1, 0.15) is 25.3 Å². The zero-order valence-electron chi connectivity index (χ0n) is 14.8. The molecule has 132 valence electrons. The summed E-state index contributed by atoms with van der Waals surface area (Å²) < 4.78 is 5.11. The van der Waals surface area contributed by atoms with Crippen LogP contribution in [0.4, 0.5) is 4.79 Å². The number of nitrogens with one attached hydrogen (secondary N) is 2. The van der Waals surface area contributed by atoms with Gasteiger partial charge in [0.05, 0.1) is 12.6 Å². The molecule has 0 aliphatic carbocycles. The predicted octanol–water partition coefficient (Wildman–Crippen LogP) is -0.409. The Bertz CT molecular complexity index is 507. The molecule has 0 spiro atoms. The highest BCUT2D eigenvalue weighted by atomic mass is 16.6. The molecule has 0 unspecified atom stereocenters. The van der Waals surface area contributed by atoms with E-state index in [-0.39, 0.29) is 6.09 Å². The maximum atomic E-state index is 11.8. The molecule has 0 bridgehead atoms. The second-order valence-electron chi connectivity index (χ2n) is 7.03. The van der Waals surface area contributed by atoms with Gasteiger partial charge in [-0.15, -0.1) is 0 Å². The van der Waals surface area contributed by atoms with Gasteiger partial charge in [0, 0.05) is 31.5 Å². The van der Waals surface area contributed by atoms with Crippen LogP contribution in [-0.2, 0) is 11.3 Å². The topological polar surface area (TPSA) is 38.4 Å². The molecule has 0 aromatic heterocycles. The van der Waals surface area contributed by atoms with Crippen molar-refractivity contribution < 1.29 is 19.3 Å². The molecule has 1 aromatic carbocycles. The largest absolute Gasteiger partial charge is 0.450 e. The Morgan fingerprint density at radius 3 is 2.42 bits per heavy atom. The molecule has 2 N–H and O–H groups in total. The number of carbonyl (C=O) groups is 1. The first-order valence-electron chi connectivity index (χ1n) is 9.40. The first-order valence-corrected chi connectivity index (χ1v) is 9.40. The number of nitrogens with zero attached hydrogens (tertiary/aromatic N) is 1. The number of hydrogen-bond donors (Lipinski definition) is 2. The molecule has 2 saturated heterocycles. The van der Waals surface area contributed by atoms with E-state index in [1.54, 1.807) is 9.80 Å². The quantitative estimate of drug-likeness (QED) is 0.786. The van der Waals surface area contributed by atoms with Gasteiger partial charge >= 0.3 is 6.09 Å². The van der Waals surface area contributed by atoms with Crippen LogP contribution in [0.25, 0.3) is 0 Å². The molecule has 2 aliphatic heterocycles. The summed E-state index contributed by atoms with van der Waals surface area (Å²) >= 11 is 0. The van der Waals surface area contributed by atoms with Crippen LogP contribution in [0.5, 0.6) is 0 Å². The fourth-order valence-corrected chi connectivity index (χ4v) is 4.08. The molecule has 2 aliphatic rings. The first-order chi connectivity index (χ1) is 11.8. The van der Waals surface area contributed by atoms with Crippen molar-refractivity contribution in [2.75, 3.05) is 45.9 Å². The van der Waals surface area contributed by atoms with E-state index in [1.807, 2.05) is 11.8 Å². The maximum absolute atomic E-state index is 11.8. The number of piperazine rings is 1. The lowest BCUT2D eigenvalue weighted by atomic mass is 10.0. The normalized spacial score (nSPS) is 25.5. The highest BCUT2D eigenvalue weighted by molar-refractivity contribution is 5.67. The Kier molecular flexibility index (Phi) is 6.10. The number of ether oxygens (including phenoxy) is 1. The molecular weight excluding hydrogens is 302 g/mol. The lowest BCUT2D eigenvalue weighted by molar-refractivity contribution is -1.03. The van der Waals surface area contributed by atoms with Gasteiger partial charge in [0.1, 0.15) is 32.7 Å². The summed E-state index contributed by atoms with van der Waals surface area (Å²) in [5.74, 6) is 0. The zero-order chi connectivity index (χ0) is 16.8. The van der Waals surface area contributed by atoms with Gasteiger partial charge in [-0.1, -0.05) is 30.3 Å². The average molecular weight is 333 g/mol. The molecule has 0 atom stereocenters. The molecular formula is C19H31N3O2+2. The Morgan fingerprint density at radius 2 is 1.79 bits per heavy atom. The maximum Gasteiger partial charge on any atom is 0.409 e. The summed E-state index contributed by atoms with van der Waals surface area (Å²) in [6.07, 6.45) is 2.09. The lowest BCUT2D eigenvalue weighted by Gasteiger charge is -2.38. The van der Waals surface area contributed by atoms with Gasteiger partial charge in [0.2, 0.25) is 0 Å². The van der Waals surface area contributed by atoms with Gasteiger partial charge in [-0.05, 0) is 6.92 Å². The monoisotopic (exact) mass is 333 g/mol. The molecule has 1 amide bonds. The summed E-state index contributed by atoms with van der Waals surface area (Å²) in [6, 6.07) is 11.5. The summed E-state index contributed by atoms with van der Waals surface area (Å²) in [5, 5.41) is 0. The van der Waals surface area contributed by atoms with E-state index in [2.05, 4.69) is 30.3 Å². The van der Waals surface area contributed by atoms with E-state index in [4.69, 9.17) is 4.74 Å². The number of amides is 1. The Balaban J connectivity index is 1.40. The molecule has 2 heterocycles. The van der Waals surface area contributed by atoms with E-state index in [1.165, 1.54) is 31.7 Å². The number of likely N-dealkylation sites (tertiary alicyclic amines) is 1. The number of rotatable bonds is 4. The SMILES string of the molecule is CCOC(=O)N1CCC([NH+]2CC[NH+](Cc3ccccc3)CC2)CC1. The predicted molar refractivity (Wildman–Crippen MR) is 93.2 cm³/mol. The minimum absolute atomic E-state index is 0.136. The lowest BCUT2D eigenvalue weighted by Crippen LogP contribution is -3.29. The van der Waals surface area contributed by atoms with Gasteiger partial charge in [-0.25, -0.2) is 4.79 Å². The van der Waals surface area contributed by atoms with E-state index in [9.17, 15) is 4.79 Å². The highest BCUT2D eigenvalue weighted by Gasteiger charge is 2.33. The molecule has 0 saturated carbocycles. The Labute approximate surface area is 145 Å². The van der Waals surface area contributed by atoms with Crippen molar-refractivity contribution in [3.05, 3.63) is 35.9 Å². The fourth-order valence-electron chi connectivity index (χ4n) is 4.08. The highest BCUT2D eigenvalue weighted by Crippen LogP contribution is 2.09. The number of carbonyl (C=O) groups excluding carboxylic acids is 1. The summed E-state index contributed by atoms with van der Waals surface area (Å²) in [5.41, 5.74) is 1.44. The second-order valence-corrected chi connectivity index (χ2v) is 7.03. The van der Waals surface area contributed by atoms with Crippen molar-refractivity contribution in [2.24, 2.45) is 0 Å². The van der Waals surface area contributed by atoms with Gasteiger partial charge < -0.3 is 19.4 Å². The standard InChI is InChI=1S/C19H29N3O2/c1-2-24-19(23)22-10-8-18(9-11-22)21-14-12-20(13-15-21)16-17-6-4-3-5-7-17/h3-7,18H,2,8-16H2,1H3/p+2. The fraction of sp³-hybridized carbons (Fsp3) is 0.632. The molecule has 2 fully saturated rings. The molecule has 24 heavy (non-hydrogen) atoms. The average Bonchev–Trinajstić information content (AvgIpc) is 2.64. The van der Waals surface area contributed by atoms with Crippen molar-refractivity contribution in [2.45, 2.75) is 32.4 Å². The Hall–Kier alpha value is -1.59. The van der Waals surface area contributed by atoms with Crippen LogP contribution in [0.2, 0.25) is 0 Å². The van der Waals surface area contributed by atoms with Crippen LogP contribution < -0.4 is 9.80 Å². The van der Waals surface area contributed by atoms with Gasteiger partial charge in [0.15, 0.2) is 0 Å². The summed E-state index contributed by atoms with van der Waals surface area (Å²) in [7, 11) is 0. The molecule has 0 radical (unpaired) electrons. The molecule has 3 rings (SSSR count). The third-order valence-corrected chi connectivity index (χ3v) is 5.49. The zero-order valence-corrected chi connectivity index (χ0v) is 14.8. The van der Waals surface area contributed by atoms with Crippen molar-refractivity contribution >= 4 is 6.09 Å². The minimum atomic E-state index is -0.136. The number of piperidine rings is 1. The van der Waals surface area contributed by atoms with E-state index in [0.717, 1.165) is 32.5 Å². The van der Waals surface area contributed by atoms with Crippen LogP contribution in [0.3, 0.4) is 0 Å². The van der Waals surface area contributed by atoms with E-state index < -0.39 is 0 Å². The van der Waals surface area contributed by atoms with Crippen LogP contribution in [-0.4, -0.2) is 62.9 Å². The van der Waals surface area contributed by atoms with Gasteiger partial charge in [0.25, 0.3) is 0 Å². The number of benzene rings is 1. The summed E-state index contributed by atoms with van der Waals surface area (Å²) in [4.78, 5) is 17.1. The van der Waals surface area contributed by atoms with Gasteiger partial charge in [-0.2, -0.15) is 0 Å². The number of quaternary nitrogens is 2. The minimum Gasteiger partial charge on any atom is -0.450 e. The first kappa shape index (κ1) is 17.2. The van der Waals surface area contributed by atoms with Gasteiger partial charge in [-0.3, -0.25) is 0 Å². The molecule has 5 heteroatoms. The number of hydrogen-bond acceptors (Lipinski definition) is 2. The summed E-state index contributed by atoms with van der Waals surface area (Å²) in [6.45, 7) is 10.2. The van der Waals surface area contributed by atoms with E-state index >= 15 is 0 Å².